The van der Waals surface area contributed by atoms with Crippen LogP contribution in [0.25, 0.3) is 0 Å². The second kappa shape index (κ2) is 4.39. The highest BCUT2D eigenvalue weighted by Crippen LogP contribution is 2.26. The first-order valence-electron chi connectivity index (χ1n) is 6.49. The van der Waals surface area contributed by atoms with Crippen molar-refractivity contribution in [2.75, 3.05) is 11.4 Å². The van der Waals surface area contributed by atoms with Crippen molar-refractivity contribution in [1.29, 1.82) is 0 Å². The molecule has 2 rings (SSSR count). The summed E-state index contributed by atoms with van der Waals surface area (Å²) in [5, 5.41) is 3.29. The molecular weight excluding hydrogens is 224 g/mol. The molecule has 1 aromatic rings. The van der Waals surface area contributed by atoms with Gasteiger partial charge in [0.1, 0.15) is 0 Å². The number of carbonyl (C=O) groups excluding carboxylic acids is 1. The Labute approximate surface area is 109 Å². The van der Waals surface area contributed by atoms with E-state index >= 15 is 0 Å². The number of nitrogens with one attached hydrogen (secondary N) is 1. The molecule has 0 saturated carbocycles. The molecule has 0 aromatic heterocycles. The first-order valence-corrected chi connectivity index (χ1v) is 6.49. The van der Waals surface area contributed by atoms with Gasteiger partial charge in [0.05, 0.1) is 5.54 Å². The van der Waals surface area contributed by atoms with Crippen LogP contribution in [-0.4, -0.2) is 24.0 Å². The Morgan fingerprint density at radius 3 is 2.56 bits per heavy atom. The minimum absolute atomic E-state index is 0.143. The lowest BCUT2D eigenvalue weighted by atomic mass is 9.96. The van der Waals surface area contributed by atoms with E-state index < -0.39 is 5.54 Å². The third-order valence-electron chi connectivity index (χ3n) is 3.80. The number of amides is 1. The zero-order chi connectivity index (χ0) is 13.5. The van der Waals surface area contributed by atoms with Crippen LogP contribution in [0, 0.1) is 13.8 Å². The fourth-order valence-corrected chi connectivity index (χ4v) is 2.32. The van der Waals surface area contributed by atoms with Crippen molar-refractivity contribution in [3.63, 3.8) is 0 Å². The Bertz CT molecular complexity index is 479. The van der Waals surface area contributed by atoms with Gasteiger partial charge in [-0.05, 0) is 57.9 Å². The molecule has 1 fully saturated rings. The number of anilines is 1. The van der Waals surface area contributed by atoms with Crippen molar-refractivity contribution in [3.8, 4) is 0 Å². The summed E-state index contributed by atoms with van der Waals surface area (Å²) in [5.74, 6) is 0.143. The summed E-state index contributed by atoms with van der Waals surface area (Å²) in [6.07, 6.45) is 0. The highest BCUT2D eigenvalue weighted by molar-refractivity contribution is 6.01. The van der Waals surface area contributed by atoms with Crippen molar-refractivity contribution in [1.82, 2.24) is 5.32 Å². The summed E-state index contributed by atoms with van der Waals surface area (Å²) >= 11 is 0. The van der Waals surface area contributed by atoms with E-state index in [-0.39, 0.29) is 11.9 Å². The third-order valence-corrected chi connectivity index (χ3v) is 3.80. The van der Waals surface area contributed by atoms with E-state index in [0.717, 1.165) is 12.2 Å². The fourth-order valence-electron chi connectivity index (χ4n) is 2.32. The van der Waals surface area contributed by atoms with Gasteiger partial charge in [0.25, 0.3) is 0 Å². The Morgan fingerprint density at radius 2 is 1.94 bits per heavy atom. The molecule has 0 spiro atoms. The zero-order valence-electron chi connectivity index (χ0n) is 11.9. The molecule has 0 bridgehead atoms. The summed E-state index contributed by atoms with van der Waals surface area (Å²) < 4.78 is 0. The topological polar surface area (TPSA) is 32.3 Å². The number of piperazine rings is 1. The standard InChI is InChI=1S/C15H22N2O/c1-10-6-7-13(8-11(10)2)17-12(3)9-16-15(4,5)14(17)18/h6-8,12,16H,9H2,1-5H3. The molecule has 1 heterocycles. The zero-order valence-corrected chi connectivity index (χ0v) is 11.9. The van der Waals surface area contributed by atoms with Crippen molar-refractivity contribution in [2.45, 2.75) is 46.2 Å². The number of nitrogens with zero attached hydrogens (tertiary/aromatic N) is 1. The molecule has 1 aliphatic rings. The molecule has 0 aliphatic carbocycles. The molecule has 1 aliphatic heterocycles. The minimum atomic E-state index is -0.481. The average molecular weight is 246 g/mol. The van der Waals surface area contributed by atoms with Crippen LogP contribution in [0.5, 0.6) is 0 Å². The van der Waals surface area contributed by atoms with Gasteiger partial charge < -0.3 is 10.2 Å². The summed E-state index contributed by atoms with van der Waals surface area (Å²) in [5.41, 5.74) is 3.01. The van der Waals surface area contributed by atoms with Crippen LogP contribution in [0.1, 0.15) is 31.9 Å². The van der Waals surface area contributed by atoms with Gasteiger partial charge in [-0.3, -0.25) is 4.79 Å². The SMILES string of the molecule is Cc1ccc(N2C(=O)C(C)(C)NCC2C)cc1C. The van der Waals surface area contributed by atoms with Crippen molar-refractivity contribution in [2.24, 2.45) is 0 Å². The van der Waals surface area contributed by atoms with E-state index in [1.807, 2.05) is 24.8 Å². The Kier molecular flexibility index (Phi) is 3.20. The largest absolute Gasteiger partial charge is 0.307 e. The van der Waals surface area contributed by atoms with E-state index in [1.54, 1.807) is 0 Å². The highest BCUT2D eigenvalue weighted by atomic mass is 16.2. The monoisotopic (exact) mass is 246 g/mol. The lowest BCUT2D eigenvalue weighted by molar-refractivity contribution is -0.125. The quantitative estimate of drug-likeness (QED) is 0.825. The van der Waals surface area contributed by atoms with E-state index in [2.05, 4.69) is 38.2 Å². The van der Waals surface area contributed by atoms with Crippen molar-refractivity contribution in [3.05, 3.63) is 29.3 Å². The third kappa shape index (κ3) is 2.15. The van der Waals surface area contributed by atoms with Gasteiger partial charge >= 0.3 is 0 Å². The molecule has 3 heteroatoms. The van der Waals surface area contributed by atoms with Gasteiger partial charge in [-0.2, -0.15) is 0 Å². The van der Waals surface area contributed by atoms with Crippen LogP contribution < -0.4 is 10.2 Å². The van der Waals surface area contributed by atoms with Crippen molar-refractivity contribution >= 4 is 11.6 Å². The number of carbonyl (C=O) groups is 1. The number of hydrogen-bond donors (Lipinski definition) is 1. The maximum absolute atomic E-state index is 12.5. The molecule has 1 saturated heterocycles. The molecule has 3 nitrogen and oxygen atoms in total. The minimum Gasteiger partial charge on any atom is -0.307 e. The number of rotatable bonds is 1. The smallest absolute Gasteiger partial charge is 0.247 e. The van der Waals surface area contributed by atoms with Crippen LogP contribution in [0.4, 0.5) is 5.69 Å². The van der Waals surface area contributed by atoms with Crippen molar-refractivity contribution < 1.29 is 4.79 Å². The lowest BCUT2D eigenvalue weighted by Crippen LogP contribution is -2.65. The normalized spacial score (nSPS) is 23.3. The highest BCUT2D eigenvalue weighted by Gasteiger charge is 2.39. The Hall–Kier alpha value is -1.35. The fraction of sp³-hybridized carbons (Fsp3) is 0.533. The second-order valence-electron chi connectivity index (χ2n) is 5.80. The average Bonchev–Trinajstić information content (AvgIpc) is 2.30. The summed E-state index contributed by atoms with van der Waals surface area (Å²) in [6, 6.07) is 6.41. The Balaban J connectivity index is 2.40. The van der Waals surface area contributed by atoms with E-state index in [1.165, 1.54) is 11.1 Å². The van der Waals surface area contributed by atoms with Crippen LogP contribution in [0.15, 0.2) is 18.2 Å². The van der Waals surface area contributed by atoms with Crippen LogP contribution in [-0.2, 0) is 4.79 Å². The predicted molar refractivity (Wildman–Crippen MR) is 74.9 cm³/mol. The first-order chi connectivity index (χ1) is 8.33. The van der Waals surface area contributed by atoms with Crippen LogP contribution in [0.3, 0.4) is 0 Å². The Morgan fingerprint density at radius 1 is 1.28 bits per heavy atom. The summed E-state index contributed by atoms with van der Waals surface area (Å²) in [7, 11) is 0. The maximum Gasteiger partial charge on any atom is 0.247 e. The molecule has 1 atom stereocenters. The lowest BCUT2D eigenvalue weighted by Gasteiger charge is -2.42. The first kappa shape index (κ1) is 13.1. The van der Waals surface area contributed by atoms with E-state index in [0.29, 0.717) is 0 Å². The molecule has 18 heavy (non-hydrogen) atoms. The van der Waals surface area contributed by atoms with Gasteiger partial charge in [-0.15, -0.1) is 0 Å². The van der Waals surface area contributed by atoms with E-state index in [9.17, 15) is 4.79 Å². The molecule has 1 N–H and O–H groups in total. The van der Waals surface area contributed by atoms with Gasteiger partial charge in [0.15, 0.2) is 0 Å². The number of hydrogen-bond acceptors (Lipinski definition) is 2. The molecule has 0 radical (unpaired) electrons. The molecule has 98 valence electrons. The predicted octanol–water partition coefficient (Wildman–Crippen LogP) is 2.41. The second-order valence-corrected chi connectivity index (χ2v) is 5.80. The van der Waals surface area contributed by atoms with Gasteiger partial charge in [-0.25, -0.2) is 0 Å². The van der Waals surface area contributed by atoms with Crippen LogP contribution >= 0.6 is 0 Å². The maximum atomic E-state index is 12.5. The summed E-state index contributed by atoms with van der Waals surface area (Å²) in [4.78, 5) is 14.4. The van der Waals surface area contributed by atoms with Gasteiger partial charge in [0.2, 0.25) is 5.91 Å². The molecule has 1 aromatic carbocycles. The molecule has 1 unspecified atom stereocenters. The summed E-state index contributed by atoms with van der Waals surface area (Å²) in [6.45, 7) is 11.0. The number of benzene rings is 1. The van der Waals surface area contributed by atoms with E-state index in [4.69, 9.17) is 0 Å². The number of aryl methyl sites for hydroxylation is 2. The van der Waals surface area contributed by atoms with Gasteiger partial charge in [0, 0.05) is 18.3 Å². The van der Waals surface area contributed by atoms with Crippen LogP contribution in [0.2, 0.25) is 0 Å². The molecule has 1 amide bonds. The molecular formula is C15H22N2O. The van der Waals surface area contributed by atoms with Gasteiger partial charge in [-0.1, -0.05) is 6.07 Å².